The zero-order valence-corrected chi connectivity index (χ0v) is 15.5. The van der Waals surface area contributed by atoms with Gasteiger partial charge >= 0.3 is 0 Å². The number of rotatable bonds is 5. The number of hydrogen-bond acceptors (Lipinski definition) is 2. The third kappa shape index (κ3) is 4.24. The van der Waals surface area contributed by atoms with Crippen LogP contribution in [0.4, 0.5) is 5.69 Å². The maximum absolute atomic E-state index is 12.2. The van der Waals surface area contributed by atoms with Crippen LogP contribution in [0.5, 0.6) is 5.75 Å². The summed E-state index contributed by atoms with van der Waals surface area (Å²) >= 11 is 6.32. The Labute approximate surface area is 158 Å². The Kier molecular flexibility index (Phi) is 5.59. The van der Waals surface area contributed by atoms with Gasteiger partial charge < -0.3 is 10.1 Å². The summed E-state index contributed by atoms with van der Waals surface area (Å²) in [6.45, 7) is 3.82. The Morgan fingerprint density at radius 2 is 1.62 bits per heavy atom. The molecule has 3 aromatic carbocycles. The van der Waals surface area contributed by atoms with Crippen molar-refractivity contribution in [3.8, 4) is 16.9 Å². The van der Waals surface area contributed by atoms with Gasteiger partial charge in [-0.25, -0.2) is 0 Å². The first-order chi connectivity index (χ1) is 12.5. The summed E-state index contributed by atoms with van der Waals surface area (Å²) < 4.78 is 5.60. The van der Waals surface area contributed by atoms with Crippen LogP contribution >= 0.6 is 11.6 Å². The summed E-state index contributed by atoms with van der Waals surface area (Å²) in [5, 5.41) is 3.38. The molecule has 0 radical (unpaired) electrons. The van der Waals surface area contributed by atoms with Crippen LogP contribution < -0.4 is 10.1 Å². The minimum atomic E-state index is -0.217. The molecule has 132 valence electrons. The van der Waals surface area contributed by atoms with Gasteiger partial charge in [-0.3, -0.25) is 4.79 Å². The molecule has 3 rings (SSSR count). The molecule has 0 aromatic heterocycles. The highest BCUT2D eigenvalue weighted by molar-refractivity contribution is 6.32. The molecule has 26 heavy (non-hydrogen) atoms. The number of hydrogen-bond donors (Lipinski definition) is 1. The number of anilines is 1. The lowest BCUT2D eigenvalue weighted by atomic mass is 10.1. The van der Waals surface area contributed by atoms with Crippen LogP contribution in [0.1, 0.15) is 11.1 Å². The number of carbonyl (C=O) groups is 1. The zero-order valence-electron chi connectivity index (χ0n) is 14.8. The lowest BCUT2D eigenvalue weighted by Crippen LogP contribution is -2.21. The highest BCUT2D eigenvalue weighted by Crippen LogP contribution is 2.30. The molecule has 0 fully saturated rings. The van der Waals surface area contributed by atoms with E-state index in [0.29, 0.717) is 10.8 Å². The first-order valence-electron chi connectivity index (χ1n) is 8.38. The predicted octanol–water partition coefficient (Wildman–Crippen LogP) is 5.64. The van der Waals surface area contributed by atoms with Crippen molar-refractivity contribution >= 4 is 23.2 Å². The lowest BCUT2D eigenvalue weighted by molar-refractivity contribution is -0.118. The van der Waals surface area contributed by atoms with Crippen LogP contribution in [0.3, 0.4) is 0 Å². The van der Waals surface area contributed by atoms with Crippen molar-refractivity contribution in [3.63, 3.8) is 0 Å². The second-order valence-corrected chi connectivity index (χ2v) is 6.52. The van der Waals surface area contributed by atoms with Crippen molar-refractivity contribution in [1.29, 1.82) is 0 Å². The molecule has 0 saturated carbocycles. The van der Waals surface area contributed by atoms with E-state index in [1.165, 1.54) is 0 Å². The predicted molar refractivity (Wildman–Crippen MR) is 107 cm³/mol. The lowest BCUT2D eigenvalue weighted by Gasteiger charge is -2.13. The minimum Gasteiger partial charge on any atom is -0.482 e. The van der Waals surface area contributed by atoms with Crippen molar-refractivity contribution in [2.45, 2.75) is 13.8 Å². The molecule has 3 aromatic rings. The first-order valence-corrected chi connectivity index (χ1v) is 8.76. The zero-order chi connectivity index (χ0) is 18.5. The monoisotopic (exact) mass is 365 g/mol. The van der Waals surface area contributed by atoms with Gasteiger partial charge in [0.25, 0.3) is 5.91 Å². The highest BCUT2D eigenvalue weighted by atomic mass is 35.5. The van der Waals surface area contributed by atoms with Crippen molar-refractivity contribution in [2.24, 2.45) is 0 Å². The van der Waals surface area contributed by atoms with Crippen LogP contribution in [0.25, 0.3) is 11.1 Å². The van der Waals surface area contributed by atoms with Crippen LogP contribution in [-0.4, -0.2) is 12.5 Å². The molecule has 0 heterocycles. The molecule has 0 aliphatic rings. The van der Waals surface area contributed by atoms with E-state index >= 15 is 0 Å². The fourth-order valence-electron chi connectivity index (χ4n) is 2.76. The minimum absolute atomic E-state index is 0.0990. The number of halogens is 1. The number of benzene rings is 3. The average molecular weight is 366 g/mol. The molecule has 0 aliphatic heterocycles. The van der Waals surface area contributed by atoms with E-state index in [-0.39, 0.29) is 12.5 Å². The molecule has 0 spiro atoms. The van der Waals surface area contributed by atoms with E-state index < -0.39 is 0 Å². The van der Waals surface area contributed by atoms with E-state index in [1.54, 1.807) is 6.07 Å². The first kappa shape index (κ1) is 18.0. The summed E-state index contributed by atoms with van der Waals surface area (Å²) in [5.74, 6) is 0.272. The Hall–Kier alpha value is -2.78. The summed E-state index contributed by atoms with van der Waals surface area (Å²) in [6, 6.07) is 21.4. The maximum Gasteiger partial charge on any atom is 0.262 e. The largest absolute Gasteiger partial charge is 0.482 e. The fourth-order valence-corrected chi connectivity index (χ4v) is 2.99. The van der Waals surface area contributed by atoms with Gasteiger partial charge in [-0.05, 0) is 48.2 Å². The van der Waals surface area contributed by atoms with Gasteiger partial charge in [0.2, 0.25) is 0 Å². The van der Waals surface area contributed by atoms with Gasteiger partial charge in [-0.15, -0.1) is 0 Å². The fraction of sp³-hybridized carbons (Fsp3) is 0.136. The second-order valence-electron chi connectivity index (χ2n) is 6.11. The van der Waals surface area contributed by atoms with Crippen molar-refractivity contribution in [1.82, 2.24) is 0 Å². The molecular formula is C22H20ClNO2. The second kappa shape index (κ2) is 8.07. The molecular weight excluding hydrogens is 346 g/mol. The van der Waals surface area contributed by atoms with E-state index in [1.807, 2.05) is 74.5 Å². The number of aryl methyl sites for hydroxylation is 2. The van der Waals surface area contributed by atoms with E-state index in [9.17, 15) is 4.79 Å². The summed E-state index contributed by atoms with van der Waals surface area (Å²) in [4.78, 5) is 12.2. The third-order valence-corrected chi connectivity index (χ3v) is 4.44. The number of nitrogens with one attached hydrogen (secondary N) is 1. The maximum atomic E-state index is 12.2. The molecule has 1 amide bonds. The Morgan fingerprint density at radius 3 is 2.27 bits per heavy atom. The van der Waals surface area contributed by atoms with Crippen LogP contribution in [0.15, 0.2) is 66.7 Å². The third-order valence-electron chi connectivity index (χ3n) is 4.14. The van der Waals surface area contributed by atoms with E-state index in [0.717, 1.165) is 27.9 Å². The number of amides is 1. The summed E-state index contributed by atoms with van der Waals surface area (Å²) in [6.07, 6.45) is 0. The van der Waals surface area contributed by atoms with Gasteiger partial charge in [0, 0.05) is 5.69 Å². The van der Waals surface area contributed by atoms with Crippen molar-refractivity contribution < 1.29 is 9.53 Å². The molecule has 3 nitrogen and oxygen atoms in total. The van der Waals surface area contributed by atoms with Gasteiger partial charge in [0.15, 0.2) is 6.61 Å². The van der Waals surface area contributed by atoms with Gasteiger partial charge in [-0.1, -0.05) is 66.2 Å². The molecule has 0 unspecified atom stereocenters. The Morgan fingerprint density at radius 1 is 0.923 bits per heavy atom. The molecule has 0 bridgehead atoms. The molecule has 1 N–H and O–H groups in total. The SMILES string of the molecule is Cc1cccc(C)c1NC(=O)COc1ccc(-c2ccccc2)cc1Cl. The molecule has 0 atom stereocenters. The van der Waals surface area contributed by atoms with Crippen molar-refractivity contribution in [3.05, 3.63) is 82.9 Å². The summed E-state index contributed by atoms with van der Waals surface area (Å²) in [7, 11) is 0. The van der Waals surface area contributed by atoms with Gasteiger partial charge in [-0.2, -0.15) is 0 Å². The molecule has 0 saturated heterocycles. The number of ether oxygens (including phenoxy) is 1. The average Bonchev–Trinajstić information content (AvgIpc) is 2.64. The van der Waals surface area contributed by atoms with Crippen molar-refractivity contribution in [2.75, 3.05) is 11.9 Å². The molecule has 4 heteroatoms. The topological polar surface area (TPSA) is 38.3 Å². The van der Waals surface area contributed by atoms with Crippen LogP contribution in [-0.2, 0) is 4.79 Å². The van der Waals surface area contributed by atoms with Crippen LogP contribution in [0, 0.1) is 13.8 Å². The number of carbonyl (C=O) groups excluding carboxylic acids is 1. The van der Waals surface area contributed by atoms with Gasteiger partial charge in [0.1, 0.15) is 5.75 Å². The molecule has 0 aliphatic carbocycles. The summed E-state index contributed by atoms with van der Waals surface area (Å²) in [5.41, 5.74) is 4.94. The normalized spacial score (nSPS) is 10.4. The van der Waals surface area contributed by atoms with Gasteiger partial charge in [0.05, 0.1) is 5.02 Å². The smallest absolute Gasteiger partial charge is 0.262 e. The standard InChI is InChI=1S/C22H20ClNO2/c1-15-7-6-8-16(2)22(15)24-21(25)14-26-20-12-11-18(13-19(20)23)17-9-4-3-5-10-17/h3-13H,14H2,1-2H3,(H,24,25). The number of para-hydroxylation sites is 1. The van der Waals surface area contributed by atoms with E-state index in [2.05, 4.69) is 5.32 Å². The van der Waals surface area contributed by atoms with E-state index in [4.69, 9.17) is 16.3 Å². The Bertz CT molecular complexity index is 902. The highest BCUT2D eigenvalue weighted by Gasteiger charge is 2.10. The van der Waals surface area contributed by atoms with Crippen LogP contribution in [0.2, 0.25) is 5.02 Å². The Balaban J connectivity index is 1.65. The quantitative estimate of drug-likeness (QED) is 0.635.